The maximum atomic E-state index is 11.2. The number of benzene rings is 1. The van der Waals surface area contributed by atoms with Gasteiger partial charge < -0.3 is 9.88 Å². The first-order valence-electron chi connectivity index (χ1n) is 5.90. The van der Waals surface area contributed by atoms with Gasteiger partial charge in [-0.2, -0.15) is 0 Å². The first-order valence-corrected chi connectivity index (χ1v) is 5.90. The van der Waals surface area contributed by atoms with Crippen LogP contribution in [0.2, 0.25) is 0 Å². The molecule has 0 bridgehead atoms. The average Bonchev–Trinajstić information content (AvgIpc) is 2.73. The van der Waals surface area contributed by atoms with Gasteiger partial charge in [0.05, 0.1) is 5.69 Å². The number of aldehydes is 1. The number of fused-ring (bicyclic) bond motifs is 1. The minimum Gasteiger partial charge on any atom is -0.352 e. The summed E-state index contributed by atoms with van der Waals surface area (Å²) >= 11 is 0. The SMILES string of the molecule is CC(=O)N(C)CCc1c(C=O)[nH]c2ccccc12. The molecule has 1 aromatic heterocycles. The quantitative estimate of drug-likeness (QED) is 0.836. The number of rotatable bonds is 4. The number of hydrogen-bond acceptors (Lipinski definition) is 2. The van der Waals surface area contributed by atoms with Crippen LogP contribution in [0.1, 0.15) is 23.0 Å². The minimum absolute atomic E-state index is 0.0301. The third-order valence-corrected chi connectivity index (χ3v) is 3.20. The monoisotopic (exact) mass is 244 g/mol. The van der Waals surface area contributed by atoms with E-state index in [0.717, 1.165) is 22.8 Å². The number of nitrogens with one attached hydrogen (secondary N) is 1. The third-order valence-electron chi connectivity index (χ3n) is 3.20. The molecule has 0 atom stereocenters. The number of carbonyl (C=O) groups is 2. The van der Waals surface area contributed by atoms with E-state index in [4.69, 9.17) is 0 Å². The fourth-order valence-electron chi connectivity index (χ4n) is 2.03. The van der Waals surface area contributed by atoms with Crippen molar-refractivity contribution in [2.24, 2.45) is 0 Å². The Kier molecular flexibility index (Phi) is 3.46. The zero-order valence-electron chi connectivity index (χ0n) is 10.6. The summed E-state index contributed by atoms with van der Waals surface area (Å²) in [5.74, 6) is 0.0301. The molecule has 0 saturated heterocycles. The fourth-order valence-corrected chi connectivity index (χ4v) is 2.03. The molecule has 0 aliphatic carbocycles. The Balaban J connectivity index is 2.31. The van der Waals surface area contributed by atoms with Gasteiger partial charge in [-0.1, -0.05) is 18.2 Å². The molecule has 0 unspecified atom stereocenters. The molecule has 0 aliphatic heterocycles. The predicted molar refractivity (Wildman–Crippen MR) is 70.7 cm³/mol. The predicted octanol–water partition coefficient (Wildman–Crippen LogP) is 2.00. The van der Waals surface area contributed by atoms with Crippen LogP contribution >= 0.6 is 0 Å². The molecule has 4 nitrogen and oxygen atoms in total. The van der Waals surface area contributed by atoms with Crippen molar-refractivity contribution >= 4 is 23.1 Å². The van der Waals surface area contributed by atoms with Crippen molar-refractivity contribution in [2.75, 3.05) is 13.6 Å². The lowest BCUT2D eigenvalue weighted by molar-refractivity contribution is -0.127. The molecule has 1 amide bonds. The van der Waals surface area contributed by atoms with Crippen LogP contribution in [0, 0.1) is 0 Å². The van der Waals surface area contributed by atoms with Gasteiger partial charge in [0.25, 0.3) is 0 Å². The number of nitrogens with zero attached hydrogens (tertiary/aromatic N) is 1. The number of aromatic amines is 1. The summed E-state index contributed by atoms with van der Waals surface area (Å²) in [5, 5.41) is 1.05. The van der Waals surface area contributed by atoms with Crippen LogP contribution in [0.15, 0.2) is 24.3 Å². The Labute approximate surface area is 106 Å². The highest BCUT2D eigenvalue weighted by atomic mass is 16.2. The lowest BCUT2D eigenvalue weighted by atomic mass is 10.1. The van der Waals surface area contributed by atoms with Crippen molar-refractivity contribution in [2.45, 2.75) is 13.3 Å². The summed E-state index contributed by atoms with van der Waals surface area (Å²) in [6, 6.07) is 7.81. The molecule has 18 heavy (non-hydrogen) atoms. The first-order chi connectivity index (χ1) is 8.63. The van der Waals surface area contributed by atoms with E-state index in [9.17, 15) is 9.59 Å². The van der Waals surface area contributed by atoms with E-state index in [1.165, 1.54) is 6.92 Å². The van der Waals surface area contributed by atoms with Gasteiger partial charge in [-0.25, -0.2) is 0 Å². The second-order valence-corrected chi connectivity index (χ2v) is 4.37. The van der Waals surface area contributed by atoms with Crippen LogP contribution in [-0.4, -0.2) is 35.7 Å². The van der Waals surface area contributed by atoms with E-state index >= 15 is 0 Å². The molecule has 1 aromatic carbocycles. The van der Waals surface area contributed by atoms with Crippen LogP contribution < -0.4 is 0 Å². The summed E-state index contributed by atoms with van der Waals surface area (Å²) < 4.78 is 0. The van der Waals surface area contributed by atoms with E-state index in [1.807, 2.05) is 24.3 Å². The maximum Gasteiger partial charge on any atom is 0.219 e. The van der Waals surface area contributed by atoms with E-state index < -0.39 is 0 Å². The largest absolute Gasteiger partial charge is 0.352 e. The smallest absolute Gasteiger partial charge is 0.219 e. The Morgan fingerprint density at radius 1 is 1.39 bits per heavy atom. The lowest BCUT2D eigenvalue weighted by Gasteiger charge is -2.14. The molecule has 0 fully saturated rings. The normalized spacial score (nSPS) is 10.6. The number of H-pyrrole nitrogens is 1. The number of amides is 1. The summed E-state index contributed by atoms with van der Waals surface area (Å²) in [5.41, 5.74) is 2.54. The molecule has 94 valence electrons. The van der Waals surface area contributed by atoms with Gasteiger partial charge in [0, 0.05) is 31.4 Å². The van der Waals surface area contributed by atoms with Crippen LogP contribution in [0.5, 0.6) is 0 Å². The van der Waals surface area contributed by atoms with Crippen LogP contribution in [0.25, 0.3) is 10.9 Å². The Morgan fingerprint density at radius 2 is 2.11 bits per heavy atom. The van der Waals surface area contributed by atoms with Crippen LogP contribution in [0.4, 0.5) is 0 Å². The Hall–Kier alpha value is -2.10. The number of aromatic nitrogens is 1. The summed E-state index contributed by atoms with van der Waals surface area (Å²) in [7, 11) is 1.76. The van der Waals surface area contributed by atoms with E-state index in [-0.39, 0.29) is 5.91 Å². The molecule has 4 heteroatoms. The first kappa shape index (κ1) is 12.4. The number of carbonyl (C=O) groups excluding carboxylic acids is 2. The topological polar surface area (TPSA) is 53.2 Å². The van der Waals surface area contributed by atoms with Crippen molar-refractivity contribution in [3.8, 4) is 0 Å². The molecule has 1 N–H and O–H groups in total. The van der Waals surface area contributed by atoms with Gasteiger partial charge in [-0.3, -0.25) is 9.59 Å². The lowest BCUT2D eigenvalue weighted by Crippen LogP contribution is -2.26. The second kappa shape index (κ2) is 5.04. The van der Waals surface area contributed by atoms with Crippen molar-refractivity contribution < 1.29 is 9.59 Å². The van der Waals surface area contributed by atoms with Crippen LogP contribution in [-0.2, 0) is 11.2 Å². The molecule has 1 heterocycles. The maximum absolute atomic E-state index is 11.2. The molecule has 0 radical (unpaired) electrons. The van der Waals surface area contributed by atoms with Crippen LogP contribution in [0.3, 0.4) is 0 Å². The fraction of sp³-hybridized carbons (Fsp3) is 0.286. The Bertz CT molecular complexity index is 586. The molecular formula is C14H16N2O2. The standard InChI is InChI=1S/C14H16N2O2/c1-10(18)16(2)8-7-12-11-5-3-4-6-13(11)15-14(12)9-17/h3-6,9,15H,7-8H2,1-2H3. The van der Waals surface area contributed by atoms with Crippen molar-refractivity contribution in [1.29, 1.82) is 0 Å². The molecule has 2 rings (SSSR count). The minimum atomic E-state index is 0.0301. The molecule has 2 aromatic rings. The van der Waals surface area contributed by atoms with Crippen molar-refractivity contribution in [1.82, 2.24) is 9.88 Å². The molecule has 0 spiro atoms. The van der Waals surface area contributed by atoms with Gasteiger partial charge in [0.1, 0.15) is 0 Å². The van der Waals surface area contributed by atoms with Crippen molar-refractivity contribution in [3.05, 3.63) is 35.5 Å². The van der Waals surface area contributed by atoms with E-state index in [1.54, 1.807) is 11.9 Å². The summed E-state index contributed by atoms with van der Waals surface area (Å²) in [4.78, 5) is 27.0. The second-order valence-electron chi connectivity index (χ2n) is 4.37. The van der Waals surface area contributed by atoms with E-state index in [2.05, 4.69) is 4.98 Å². The van der Waals surface area contributed by atoms with Gasteiger partial charge >= 0.3 is 0 Å². The van der Waals surface area contributed by atoms with Gasteiger partial charge in [-0.15, -0.1) is 0 Å². The molecular weight excluding hydrogens is 228 g/mol. The van der Waals surface area contributed by atoms with Gasteiger partial charge in [0.15, 0.2) is 6.29 Å². The van der Waals surface area contributed by atoms with Gasteiger partial charge in [0.2, 0.25) is 5.91 Å². The van der Waals surface area contributed by atoms with E-state index in [0.29, 0.717) is 18.7 Å². The third kappa shape index (κ3) is 2.27. The highest BCUT2D eigenvalue weighted by Crippen LogP contribution is 2.21. The average molecular weight is 244 g/mol. The molecule has 0 aliphatic rings. The zero-order chi connectivity index (χ0) is 13.1. The number of para-hydroxylation sites is 1. The Morgan fingerprint density at radius 3 is 2.78 bits per heavy atom. The summed E-state index contributed by atoms with van der Waals surface area (Å²) in [6.07, 6.45) is 1.51. The highest BCUT2D eigenvalue weighted by molar-refractivity contribution is 5.92. The van der Waals surface area contributed by atoms with Gasteiger partial charge in [-0.05, 0) is 18.1 Å². The number of likely N-dealkylation sites (N-methyl/N-ethyl adjacent to an activating group) is 1. The summed E-state index contributed by atoms with van der Waals surface area (Å²) in [6.45, 7) is 2.15. The molecule has 0 saturated carbocycles. The highest BCUT2D eigenvalue weighted by Gasteiger charge is 2.11. The zero-order valence-corrected chi connectivity index (χ0v) is 10.6. The number of hydrogen-bond donors (Lipinski definition) is 1. The van der Waals surface area contributed by atoms with Crippen molar-refractivity contribution in [3.63, 3.8) is 0 Å².